The molecule has 1 unspecified atom stereocenters. The molecule has 1 N–H and O–H groups in total. The van der Waals surface area contributed by atoms with Gasteiger partial charge in [-0.2, -0.15) is 0 Å². The van der Waals surface area contributed by atoms with Gasteiger partial charge >= 0.3 is 0 Å². The summed E-state index contributed by atoms with van der Waals surface area (Å²) in [4.78, 5) is 6.96. The van der Waals surface area contributed by atoms with E-state index in [9.17, 15) is 0 Å². The molecule has 3 aliphatic rings. The van der Waals surface area contributed by atoms with Gasteiger partial charge < -0.3 is 15.0 Å². The molecule has 2 aliphatic heterocycles. The molecule has 0 bridgehead atoms. The van der Waals surface area contributed by atoms with Crippen molar-refractivity contribution in [3.8, 4) is 0 Å². The number of nitrogens with one attached hydrogen (secondary N) is 1. The van der Waals surface area contributed by atoms with Crippen molar-refractivity contribution in [1.82, 2.24) is 10.2 Å². The predicted molar refractivity (Wildman–Crippen MR) is 82.0 cm³/mol. The van der Waals surface area contributed by atoms with Gasteiger partial charge in [0.15, 0.2) is 5.96 Å². The SMILES string of the molecule is CN=C(NCC1CCCO1)N1CCC2(CCCCC2)C1. The number of aliphatic imine (C=N–C) groups is 1. The van der Waals surface area contributed by atoms with Crippen molar-refractivity contribution < 1.29 is 4.74 Å². The minimum atomic E-state index is 0.387. The maximum absolute atomic E-state index is 5.68. The van der Waals surface area contributed by atoms with Crippen molar-refractivity contribution >= 4 is 5.96 Å². The Labute approximate surface area is 123 Å². The van der Waals surface area contributed by atoms with Crippen molar-refractivity contribution in [2.45, 2.75) is 57.5 Å². The van der Waals surface area contributed by atoms with Crippen LogP contribution in [0.4, 0.5) is 0 Å². The van der Waals surface area contributed by atoms with Crippen LogP contribution in [-0.2, 0) is 4.74 Å². The summed E-state index contributed by atoms with van der Waals surface area (Å²) >= 11 is 0. The molecule has 0 aromatic rings. The zero-order valence-electron chi connectivity index (χ0n) is 12.9. The molecular formula is C16H29N3O. The third kappa shape index (κ3) is 3.11. The Hall–Kier alpha value is -0.770. The van der Waals surface area contributed by atoms with Crippen LogP contribution >= 0.6 is 0 Å². The van der Waals surface area contributed by atoms with Crippen molar-refractivity contribution in [2.24, 2.45) is 10.4 Å². The van der Waals surface area contributed by atoms with Gasteiger partial charge in [-0.05, 0) is 37.5 Å². The number of likely N-dealkylation sites (tertiary alicyclic amines) is 1. The molecular weight excluding hydrogens is 250 g/mol. The second kappa shape index (κ2) is 6.33. The van der Waals surface area contributed by atoms with E-state index >= 15 is 0 Å². The molecule has 4 nitrogen and oxygen atoms in total. The molecule has 1 aliphatic carbocycles. The molecule has 0 radical (unpaired) electrons. The molecule has 1 atom stereocenters. The van der Waals surface area contributed by atoms with Crippen LogP contribution in [-0.4, -0.2) is 50.3 Å². The molecule has 1 saturated carbocycles. The molecule has 2 heterocycles. The molecule has 3 rings (SSSR count). The average Bonchev–Trinajstić information content (AvgIpc) is 3.12. The van der Waals surface area contributed by atoms with Gasteiger partial charge in [0, 0.05) is 33.3 Å². The number of hydrogen-bond donors (Lipinski definition) is 1. The maximum Gasteiger partial charge on any atom is 0.193 e. The van der Waals surface area contributed by atoms with E-state index in [1.54, 1.807) is 0 Å². The highest BCUT2D eigenvalue weighted by Crippen LogP contribution is 2.43. The number of rotatable bonds is 2. The molecule has 20 heavy (non-hydrogen) atoms. The van der Waals surface area contributed by atoms with Crippen molar-refractivity contribution in [3.63, 3.8) is 0 Å². The van der Waals surface area contributed by atoms with Gasteiger partial charge in [0.1, 0.15) is 0 Å². The maximum atomic E-state index is 5.68. The summed E-state index contributed by atoms with van der Waals surface area (Å²) in [6.07, 6.45) is 11.3. The number of guanidine groups is 1. The summed E-state index contributed by atoms with van der Waals surface area (Å²) in [6, 6.07) is 0. The number of ether oxygens (including phenoxy) is 1. The molecule has 0 aromatic heterocycles. The van der Waals surface area contributed by atoms with Crippen molar-refractivity contribution in [3.05, 3.63) is 0 Å². The quantitative estimate of drug-likeness (QED) is 0.623. The van der Waals surface area contributed by atoms with Gasteiger partial charge in [0.25, 0.3) is 0 Å². The minimum absolute atomic E-state index is 0.387. The minimum Gasteiger partial charge on any atom is -0.376 e. The van der Waals surface area contributed by atoms with Crippen molar-refractivity contribution in [1.29, 1.82) is 0 Å². The lowest BCUT2D eigenvalue weighted by Crippen LogP contribution is -2.44. The van der Waals surface area contributed by atoms with E-state index in [-0.39, 0.29) is 0 Å². The highest BCUT2D eigenvalue weighted by Gasteiger charge is 2.39. The molecule has 4 heteroatoms. The lowest BCUT2D eigenvalue weighted by Gasteiger charge is -2.33. The van der Waals surface area contributed by atoms with Gasteiger partial charge in [-0.1, -0.05) is 19.3 Å². The summed E-state index contributed by atoms with van der Waals surface area (Å²) in [5.74, 6) is 1.09. The Balaban J connectivity index is 1.51. The first kappa shape index (κ1) is 14.2. The lowest BCUT2D eigenvalue weighted by atomic mass is 9.73. The van der Waals surface area contributed by atoms with Gasteiger partial charge in [0.05, 0.1) is 6.10 Å². The fourth-order valence-corrected chi connectivity index (χ4v) is 4.17. The van der Waals surface area contributed by atoms with Crippen LogP contribution in [0.5, 0.6) is 0 Å². The van der Waals surface area contributed by atoms with Crippen LogP contribution in [0.3, 0.4) is 0 Å². The van der Waals surface area contributed by atoms with E-state index in [0.29, 0.717) is 11.5 Å². The van der Waals surface area contributed by atoms with Gasteiger partial charge in [0.2, 0.25) is 0 Å². The molecule has 0 aromatic carbocycles. The smallest absolute Gasteiger partial charge is 0.193 e. The average molecular weight is 279 g/mol. The first-order valence-electron chi connectivity index (χ1n) is 8.39. The highest BCUT2D eigenvalue weighted by atomic mass is 16.5. The second-order valence-corrected chi connectivity index (χ2v) is 6.80. The fourth-order valence-electron chi connectivity index (χ4n) is 4.17. The summed E-state index contributed by atoms with van der Waals surface area (Å²) < 4.78 is 5.68. The van der Waals surface area contributed by atoms with Gasteiger partial charge in [-0.3, -0.25) is 4.99 Å². The van der Waals surface area contributed by atoms with E-state index in [4.69, 9.17) is 4.74 Å². The Morgan fingerprint density at radius 3 is 2.80 bits per heavy atom. The lowest BCUT2D eigenvalue weighted by molar-refractivity contribution is 0.113. The van der Waals surface area contributed by atoms with E-state index in [0.717, 1.165) is 19.1 Å². The fraction of sp³-hybridized carbons (Fsp3) is 0.938. The monoisotopic (exact) mass is 279 g/mol. The summed E-state index contributed by atoms with van der Waals surface area (Å²) in [5, 5.41) is 3.53. The standard InChI is InChI=1S/C16H29N3O/c1-17-15(18-12-14-6-5-11-20-14)19-10-9-16(13-19)7-3-2-4-8-16/h14H,2-13H2,1H3,(H,17,18). The Bertz CT molecular complexity index is 344. The Morgan fingerprint density at radius 1 is 1.25 bits per heavy atom. The number of nitrogens with zero attached hydrogens (tertiary/aromatic N) is 2. The van der Waals surface area contributed by atoms with Crippen LogP contribution in [0.25, 0.3) is 0 Å². The van der Waals surface area contributed by atoms with E-state index in [2.05, 4.69) is 15.2 Å². The van der Waals surface area contributed by atoms with E-state index < -0.39 is 0 Å². The topological polar surface area (TPSA) is 36.9 Å². The van der Waals surface area contributed by atoms with E-state index in [1.165, 1.54) is 64.5 Å². The third-order valence-corrected chi connectivity index (χ3v) is 5.38. The van der Waals surface area contributed by atoms with Crippen LogP contribution in [0.2, 0.25) is 0 Å². The Morgan fingerprint density at radius 2 is 2.10 bits per heavy atom. The second-order valence-electron chi connectivity index (χ2n) is 6.80. The van der Waals surface area contributed by atoms with Gasteiger partial charge in [-0.25, -0.2) is 0 Å². The summed E-state index contributed by atoms with van der Waals surface area (Å²) in [6.45, 7) is 4.22. The van der Waals surface area contributed by atoms with Crippen molar-refractivity contribution in [2.75, 3.05) is 33.3 Å². The van der Waals surface area contributed by atoms with Crippen LogP contribution in [0.1, 0.15) is 51.4 Å². The first-order valence-corrected chi connectivity index (χ1v) is 8.39. The third-order valence-electron chi connectivity index (χ3n) is 5.38. The molecule has 3 fully saturated rings. The summed E-state index contributed by atoms with van der Waals surface area (Å²) in [7, 11) is 1.91. The van der Waals surface area contributed by atoms with Crippen LogP contribution in [0.15, 0.2) is 4.99 Å². The summed E-state index contributed by atoms with van der Waals surface area (Å²) in [5.41, 5.74) is 0.597. The number of hydrogen-bond acceptors (Lipinski definition) is 2. The molecule has 114 valence electrons. The zero-order chi connectivity index (χ0) is 13.8. The zero-order valence-corrected chi connectivity index (χ0v) is 12.9. The first-order chi connectivity index (χ1) is 9.81. The molecule has 1 spiro atoms. The molecule has 2 saturated heterocycles. The Kier molecular flexibility index (Phi) is 4.49. The molecule has 0 amide bonds. The highest BCUT2D eigenvalue weighted by molar-refractivity contribution is 5.80. The van der Waals surface area contributed by atoms with Gasteiger partial charge in [-0.15, -0.1) is 0 Å². The van der Waals surface area contributed by atoms with Crippen LogP contribution < -0.4 is 5.32 Å². The van der Waals surface area contributed by atoms with E-state index in [1.807, 2.05) is 7.05 Å². The predicted octanol–water partition coefficient (Wildman–Crippen LogP) is 2.40. The van der Waals surface area contributed by atoms with Crippen LogP contribution in [0, 0.1) is 5.41 Å². The largest absolute Gasteiger partial charge is 0.376 e. The normalized spacial score (nSPS) is 30.1.